The third kappa shape index (κ3) is 7.73. The fourth-order valence-corrected chi connectivity index (χ4v) is 14.9. The summed E-state index contributed by atoms with van der Waals surface area (Å²) in [4.78, 5) is 25.6. The van der Waals surface area contributed by atoms with E-state index in [4.69, 9.17) is 9.47 Å². The summed E-state index contributed by atoms with van der Waals surface area (Å²) < 4.78 is 16.2. The Labute approximate surface area is 223 Å². The number of carbonyl (C=O) groups is 2. The summed E-state index contributed by atoms with van der Waals surface area (Å²) in [6.45, 7) is 1.91. The van der Waals surface area contributed by atoms with Gasteiger partial charge < -0.3 is 9.47 Å². The number of rotatable bonds is 9. The maximum Gasteiger partial charge on any atom is 0.306 e. The Kier molecular flexibility index (Phi) is 10.8. The molecule has 1 atom stereocenters. The Balaban J connectivity index is 1.27. The highest BCUT2D eigenvalue weighted by molar-refractivity contribution is 8.77. The second kappa shape index (κ2) is 13.3. The lowest BCUT2D eigenvalue weighted by molar-refractivity contribution is -0.143. The summed E-state index contributed by atoms with van der Waals surface area (Å²) in [5.41, 5.74) is 0. The van der Waals surface area contributed by atoms with Crippen molar-refractivity contribution in [3.63, 3.8) is 0 Å². The molecule has 12 heteroatoms. The van der Waals surface area contributed by atoms with Gasteiger partial charge in [-0.25, -0.2) is 0 Å². The second-order valence-electron chi connectivity index (χ2n) is 7.12. The topological polar surface area (TPSA) is 52.6 Å². The molecule has 4 aliphatic heterocycles. The van der Waals surface area contributed by atoms with Crippen LogP contribution >= 0.6 is 92.2 Å². The smallest absolute Gasteiger partial charge is 0.306 e. The van der Waals surface area contributed by atoms with E-state index in [-0.39, 0.29) is 25.2 Å². The summed E-state index contributed by atoms with van der Waals surface area (Å²) in [6.07, 6.45) is 4.92. The number of hydrogen-bond donors (Lipinski definition) is 0. The molecule has 1 fully saturated rings. The largest absolute Gasteiger partial charge is 0.460 e. The molecule has 0 bridgehead atoms. The maximum absolute atomic E-state index is 12.3. The number of ether oxygens (including phenoxy) is 2. The molecule has 1 saturated heterocycles. The summed E-state index contributed by atoms with van der Waals surface area (Å²) in [6, 6.07) is 0. The fourth-order valence-electron chi connectivity index (χ4n) is 3.05. The van der Waals surface area contributed by atoms with Crippen LogP contribution in [-0.2, 0) is 19.1 Å². The number of unbranched alkanes of at least 4 members (excludes halogenated alkanes) is 1. The van der Waals surface area contributed by atoms with Gasteiger partial charge >= 0.3 is 11.9 Å². The lowest BCUT2D eigenvalue weighted by Gasteiger charge is -2.08. The molecule has 0 aliphatic carbocycles. The van der Waals surface area contributed by atoms with Crippen molar-refractivity contribution in [3.8, 4) is 0 Å². The van der Waals surface area contributed by atoms with Crippen LogP contribution in [0.4, 0.5) is 0 Å². The van der Waals surface area contributed by atoms with Crippen molar-refractivity contribution in [2.45, 2.75) is 44.3 Å². The van der Waals surface area contributed by atoms with Gasteiger partial charge in [-0.3, -0.25) is 9.59 Å². The molecule has 0 aromatic rings. The van der Waals surface area contributed by atoms with Gasteiger partial charge in [-0.2, -0.15) is 0 Å². The highest BCUT2D eigenvalue weighted by Gasteiger charge is 2.32. The predicted molar refractivity (Wildman–Crippen MR) is 151 cm³/mol. The normalized spacial score (nSPS) is 23.2. The van der Waals surface area contributed by atoms with E-state index in [1.165, 1.54) is 42.5 Å². The fraction of sp³-hybridized carbons (Fsp3) is 0.600. The van der Waals surface area contributed by atoms with Gasteiger partial charge in [0.05, 0.1) is 16.9 Å². The lowest BCUT2D eigenvalue weighted by atomic mass is 10.1. The number of hydrogen-bond acceptors (Lipinski definition) is 12. The standard InChI is InChI=1S/C20H24O4S8/c1-12(21)23-10-14-15(11-24-16(22)5-3-2-4-13-6-7-27-32-13)29-19(28-14)20-30-17-18(31-20)26-9-8-25-17/h13H,2-11H2,1H3. The molecule has 1 unspecified atom stereocenters. The molecule has 0 aromatic carbocycles. The minimum atomic E-state index is -0.297. The van der Waals surface area contributed by atoms with E-state index in [9.17, 15) is 9.59 Å². The van der Waals surface area contributed by atoms with Gasteiger partial charge in [0.2, 0.25) is 0 Å². The van der Waals surface area contributed by atoms with Crippen molar-refractivity contribution < 1.29 is 19.1 Å². The van der Waals surface area contributed by atoms with Gasteiger partial charge in [-0.1, -0.05) is 75.1 Å². The Hall–Kier alpha value is 0.960. The van der Waals surface area contributed by atoms with Crippen molar-refractivity contribution >= 4 is 104 Å². The number of esters is 2. The van der Waals surface area contributed by atoms with E-state index in [0.29, 0.717) is 6.42 Å². The van der Waals surface area contributed by atoms with Crippen LogP contribution in [0.2, 0.25) is 0 Å². The van der Waals surface area contributed by atoms with Crippen LogP contribution in [0.25, 0.3) is 0 Å². The molecule has 4 heterocycles. The first kappa shape index (κ1) is 26.0. The molecular formula is C20H24O4S8. The van der Waals surface area contributed by atoms with Gasteiger partial charge in [0.25, 0.3) is 0 Å². The van der Waals surface area contributed by atoms with Gasteiger partial charge in [0, 0.05) is 45.7 Å². The van der Waals surface area contributed by atoms with Crippen LogP contribution in [-0.4, -0.2) is 47.7 Å². The second-order valence-corrected chi connectivity index (χ2v) is 17.4. The highest BCUT2D eigenvalue weighted by atomic mass is 33.1. The third-order valence-corrected chi connectivity index (χ3v) is 16.6. The van der Waals surface area contributed by atoms with Gasteiger partial charge in [0.15, 0.2) is 0 Å². The molecule has 0 radical (unpaired) electrons. The van der Waals surface area contributed by atoms with Crippen LogP contribution in [0.15, 0.2) is 26.8 Å². The molecule has 4 rings (SSSR count). The first-order chi connectivity index (χ1) is 15.6. The Bertz CT molecular complexity index is 811. The van der Waals surface area contributed by atoms with E-state index >= 15 is 0 Å². The lowest BCUT2D eigenvalue weighted by Crippen LogP contribution is -2.08. The number of thioether (sulfide) groups is 6. The molecule has 0 amide bonds. The SMILES string of the molecule is CC(=O)OCC1=C(COC(=O)CCCCC2CCSS2)SC(=C2SC3=C(SCCS3)S2)S1. The van der Waals surface area contributed by atoms with Crippen LogP contribution in [0, 0.1) is 0 Å². The Morgan fingerprint density at radius 1 is 0.844 bits per heavy atom. The summed E-state index contributed by atoms with van der Waals surface area (Å²) in [5, 5.41) is 0.756. The van der Waals surface area contributed by atoms with E-state index in [1.807, 2.05) is 68.6 Å². The molecule has 32 heavy (non-hydrogen) atoms. The first-order valence-electron chi connectivity index (χ1n) is 10.3. The van der Waals surface area contributed by atoms with Crippen LogP contribution in [0.1, 0.15) is 39.0 Å². The summed E-state index contributed by atoms with van der Waals surface area (Å²) in [5.74, 6) is 3.14. The zero-order chi connectivity index (χ0) is 22.3. The Morgan fingerprint density at radius 3 is 2.12 bits per heavy atom. The molecule has 4 nitrogen and oxygen atoms in total. The predicted octanol–water partition coefficient (Wildman–Crippen LogP) is 7.71. The van der Waals surface area contributed by atoms with Crippen molar-refractivity contribution in [3.05, 3.63) is 26.8 Å². The molecular weight excluding hydrogens is 561 g/mol. The van der Waals surface area contributed by atoms with Crippen molar-refractivity contribution in [2.75, 3.05) is 30.5 Å². The zero-order valence-corrected chi connectivity index (χ0v) is 24.1. The molecule has 0 spiro atoms. The van der Waals surface area contributed by atoms with Gasteiger partial charge in [-0.15, -0.1) is 23.5 Å². The summed E-state index contributed by atoms with van der Waals surface area (Å²) in [7, 11) is 3.95. The quantitative estimate of drug-likeness (QED) is 0.151. The van der Waals surface area contributed by atoms with E-state index < -0.39 is 0 Å². The van der Waals surface area contributed by atoms with Crippen LogP contribution in [0.5, 0.6) is 0 Å². The molecule has 0 N–H and O–H groups in total. The molecule has 176 valence electrons. The maximum atomic E-state index is 12.3. The van der Waals surface area contributed by atoms with Crippen molar-refractivity contribution in [2.24, 2.45) is 0 Å². The zero-order valence-electron chi connectivity index (χ0n) is 17.5. The minimum Gasteiger partial charge on any atom is -0.460 e. The monoisotopic (exact) mass is 584 g/mol. The Morgan fingerprint density at radius 2 is 1.50 bits per heavy atom. The minimum absolute atomic E-state index is 0.140. The van der Waals surface area contributed by atoms with Crippen LogP contribution < -0.4 is 0 Å². The van der Waals surface area contributed by atoms with Crippen molar-refractivity contribution in [1.29, 1.82) is 0 Å². The van der Waals surface area contributed by atoms with E-state index in [0.717, 1.165) is 39.4 Å². The van der Waals surface area contributed by atoms with Crippen molar-refractivity contribution in [1.82, 2.24) is 0 Å². The molecule has 4 aliphatic rings. The third-order valence-electron chi connectivity index (χ3n) is 4.65. The first-order valence-corrected chi connectivity index (χ1v) is 17.9. The average molecular weight is 585 g/mol. The van der Waals surface area contributed by atoms with Gasteiger partial charge in [0.1, 0.15) is 13.2 Å². The average Bonchev–Trinajstić information content (AvgIpc) is 3.53. The van der Waals surface area contributed by atoms with E-state index in [2.05, 4.69) is 0 Å². The van der Waals surface area contributed by atoms with Gasteiger partial charge in [-0.05, 0) is 19.3 Å². The van der Waals surface area contributed by atoms with Crippen LogP contribution in [0.3, 0.4) is 0 Å². The molecule has 0 aromatic heterocycles. The summed E-state index contributed by atoms with van der Waals surface area (Å²) >= 11 is 10.9. The van der Waals surface area contributed by atoms with E-state index in [1.54, 1.807) is 23.5 Å². The molecule has 0 saturated carbocycles. The number of carbonyl (C=O) groups excluding carboxylic acids is 2. The highest BCUT2D eigenvalue weighted by Crippen LogP contribution is 2.64.